The molecule has 0 aliphatic carbocycles. The van der Waals surface area contributed by atoms with E-state index < -0.39 is 11.9 Å². The Morgan fingerprint density at radius 3 is 2.52 bits per heavy atom. The Balaban J connectivity index is 1.71. The predicted molar refractivity (Wildman–Crippen MR) is 124 cm³/mol. The first-order valence-electron chi connectivity index (χ1n) is 9.24. The van der Waals surface area contributed by atoms with E-state index in [1.54, 1.807) is 19.2 Å². The highest BCUT2D eigenvalue weighted by Gasteiger charge is 2.24. The van der Waals surface area contributed by atoms with Gasteiger partial charge in [0.1, 0.15) is 26.0 Å². The Hall–Kier alpha value is -3.43. The van der Waals surface area contributed by atoms with Crippen LogP contribution in [0.1, 0.15) is 25.7 Å². The van der Waals surface area contributed by atoms with E-state index in [1.807, 2.05) is 36.6 Å². The van der Waals surface area contributed by atoms with Crippen LogP contribution in [0.4, 0.5) is 10.7 Å². The van der Waals surface area contributed by atoms with Gasteiger partial charge in [0.05, 0.1) is 19.9 Å². The van der Waals surface area contributed by atoms with E-state index in [0.29, 0.717) is 37.3 Å². The summed E-state index contributed by atoms with van der Waals surface area (Å²) in [5.41, 5.74) is 9.18. The van der Waals surface area contributed by atoms with Gasteiger partial charge in [-0.1, -0.05) is 12.1 Å². The predicted octanol–water partition coefficient (Wildman–Crippen LogP) is 4.96. The van der Waals surface area contributed by atoms with Crippen LogP contribution in [-0.2, 0) is 4.74 Å². The zero-order valence-electron chi connectivity index (χ0n) is 17.0. The van der Waals surface area contributed by atoms with Gasteiger partial charge in [-0.05, 0) is 36.8 Å². The monoisotopic (exact) mass is 453 g/mol. The number of carbonyl (C=O) groups excluding carboxylic acids is 2. The number of aryl methyl sites for hydroxylation is 1. The molecule has 1 aromatic carbocycles. The number of benzene rings is 1. The van der Waals surface area contributed by atoms with Gasteiger partial charge < -0.3 is 20.5 Å². The van der Waals surface area contributed by atoms with Crippen LogP contribution in [0.3, 0.4) is 0 Å². The van der Waals surface area contributed by atoms with Crippen molar-refractivity contribution in [2.24, 2.45) is 0 Å². The van der Waals surface area contributed by atoms with Crippen molar-refractivity contribution in [3.63, 3.8) is 0 Å². The van der Waals surface area contributed by atoms with Crippen LogP contribution in [0.2, 0.25) is 0 Å². The molecular weight excluding hydrogens is 434 g/mol. The molecule has 0 saturated carbocycles. The quantitative estimate of drug-likeness (QED) is 0.414. The Morgan fingerprint density at radius 1 is 1.10 bits per heavy atom. The smallest absolute Gasteiger partial charge is 0.341 e. The molecule has 0 aliphatic heterocycles. The molecule has 3 aromatic heterocycles. The molecular formula is C22H19N3O4S2. The number of aromatic nitrogens is 1. The Kier molecular flexibility index (Phi) is 5.62. The second-order valence-electron chi connectivity index (χ2n) is 6.68. The molecule has 7 nitrogen and oxygen atoms in total. The summed E-state index contributed by atoms with van der Waals surface area (Å²) >= 11 is 2.47. The molecule has 3 heterocycles. The molecule has 3 N–H and O–H groups in total. The average Bonchev–Trinajstić information content (AvgIpc) is 3.34. The molecule has 0 atom stereocenters. The number of nitrogen functional groups attached to an aromatic ring is 1. The van der Waals surface area contributed by atoms with Crippen molar-refractivity contribution >= 4 is 55.5 Å². The third-order valence-electron chi connectivity index (χ3n) is 4.75. The number of fused-ring (bicyclic) bond motifs is 1. The number of carbonyl (C=O) groups is 2. The van der Waals surface area contributed by atoms with Gasteiger partial charge >= 0.3 is 5.97 Å². The standard InChI is InChI=1S/C22H19N3O4S2/c1-11-4-9-14-17(23)18(31-20(14)24-11)19(26)25-21-16(22(27)29-3)15(10-30-21)12-5-7-13(28-2)8-6-12/h4-10H,23H2,1-3H3,(H,25,26). The third kappa shape index (κ3) is 3.85. The van der Waals surface area contributed by atoms with E-state index in [-0.39, 0.29) is 0 Å². The number of nitrogens with zero attached hydrogens (tertiary/aromatic N) is 1. The fourth-order valence-electron chi connectivity index (χ4n) is 3.16. The van der Waals surface area contributed by atoms with E-state index in [9.17, 15) is 9.59 Å². The Bertz CT molecular complexity index is 1290. The van der Waals surface area contributed by atoms with Crippen LogP contribution < -0.4 is 15.8 Å². The van der Waals surface area contributed by atoms with Gasteiger partial charge in [-0.3, -0.25) is 4.79 Å². The first-order chi connectivity index (χ1) is 14.9. The van der Waals surface area contributed by atoms with Gasteiger partial charge in [0.25, 0.3) is 5.91 Å². The minimum Gasteiger partial charge on any atom is -0.497 e. The molecule has 0 unspecified atom stereocenters. The topological polar surface area (TPSA) is 104 Å². The number of hydrogen-bond donors (Lipinski definition) is 2. The lowest BCUT2D eigenvalue weighted by atomic mass is 10.0. The van der Waals surface area contributed by atoms with Gasteiger partial charge in [-0.2, -0.15) is 0 Å². The average molecular weight is 454 g/mol. The lowest BCUT2D eigenvalue weighted by Crippen LogP contribution is -2.14. The second kappa shape index (κ2) is 8.37. The van der Waals surface area contributed by atoms with Crippen molar-refractivity contribution in [1.29, 1.82) is 0 Å². The van der Waals surface area contributed by atoms with Gasteiger partial charge in [-0.25, -0.2) is 9.78 Å². The summed E-state index contributed by atoms with van der Waals surface area (Å²) in [6, 6.07) is 11.0. The zero-order chi connectivity index (χ0) is 22.1. The maximum absolute atomic E-state index is 13.0. The Morgan fingerprint density at radius 2 is 1.84 bits per heavy atom. The second-order valence-corrected chi connectivity index (χ2v) is 8.56. The van der Waals surface area contributed by atoms with E-state index in [4.69, 9.17) is 15.2 Å². The van der Waals surface area contributed by atoms with Gasteiger partial charge in [0.2, 0.25) is 0 Å². The molecule has 31 heavy (non-hydrogen) atoms. The molecule has 4 rings (SSSR count). The largest absolute Gasteiger partial charge is 0.497 e. The number of esters is 1. The molecule has 0 aliphatic rings. The number of rotatable bonds is 5. The zero-order valence-corrected chi connectivity index (χ0v) is 18.6. The highest BCUT2D eigenvalue weighted by atomic mass is 32.1. The van der Waals surface area contributed by atoms with Gasteiger partial charge in [0.15, 0.2) is 0 Å². The van der Waals surface area contributed by atoms with Crippen LogP contribution in [0, 0.1) is 6.92 Å². The number of hydrogen-bond acceptors (Lipinski definition) is 8. The first kappa shape index (κ1) is 20.8. The third-order valence-corrected chi connectivity index (χ3v) is 6.76. The van der Waals surface area contributed by atoms with Crippen LogP contribution in [0.25, 0.3) is 21.3 Å². The number of ether oxygens (including phenoxy) is 2. The maximum Gasteiger partial charge on any atom is 0.341 e. The fraction of sp³-hybridized carbons (Fsp3) is 0.136. The van der Waals surface area contributed by atoms with Crippen molar-refractivity contribution in [1.82, 2.24) is 4.98 Å². The lowest BCUT2D eigenvalue weighted by Gasteiger charge is -2.08. The molecule has 1 amide bonds. The van der Waals surface area contributed by atoms with E-state index >= 15 is 0 Å². The molecule has 0 radical (unpaired) electrons. The molecule has 0 spiro atoms. The minimum absolute atomic E-state index is 0.291. The van der Waals surface area contributed by atoms with Gasteiger partial charge in [-0.15, -0.1) is 22.7 Å². The highest BCUT2D eigenvalue weighted by molar-refractivity contribution is 7.21. The van der Waals surface area contributed by atoms with Crippen LogP contribution in [0.5, 0.6) is 5.75 Å². The SMILES string of the molecule is COC(=O)c1c(-c2ccc(OC)cc2)csc1NC(=O)c1sc2nc(C)ccc2c1N. The van der Waals surface area contributed by atoms with Crippen molar-refractivity contribution in [2.75, 3.05) is 25.3 Å². The van der Waals surface area contributed by atoms with E-state index in [0.717, 1.165) is 16.6 Å². The number of amides is 1. The van der Waals surface area contributed by atoms with Crippen LogP contribution in [0.15, 0.2) is 41.8 Å². The first-order valence-corrected chi connectivity index (χ1v) is 10.9. The number of methoxy groups -OCH3 is 2. The number of pyridine rings is 1. The highest BCUT2D eigenvalue weighted by Crippen LogP contribution is 2.38. The molecule has 9 heteroatoms. The molecule has 4 aromatic rings. The maximum atomic E-state index is 13.0. The van der Waals surface area contributed by atoms with Crippen molar-refractivity contribution < 1.29 is 19.1 Å². The summed E-state index contributed by atoms with van der Waals surface area (Å²) in [5.74, 6) is -0.230. The van der Waals surface area contributed by atoms with Crippen molar-refractivity contribution in [3.8, 4) is 16.9 Å². The summed E-state index contributed by atoms with van der Waals surface area (Å²) in [4.78, 5) is 31.0. The normalized spacial score (nSPS) is 10.8. The number of thiophene rings is 2. The Labute approximate surface area is 186 Å². The van der Waals surface area contributed by atoms with Crippen LogP contribution >= 0.6 is 22.7 Å². The molecule has 0 fully saturated rings. The summed E-state index contributed by atoms with van der Waals surface area (Å²) in [5, 5.41) is 5.76. The van der Waals surface area contributed by atoms with Crippen LogP contribution in [-0.4, -0.2) is 31.1 Å². The minimum atomic E-state index is -0.538. The number of nitrogens with two attached hydrogens (primary N) is 1. The van der Waals surface area contributed by atoms with Crippen molar-refractivity contribution in [2.45, 2.75) is 6.92 Å². The number of anilines is 2. The number of nitrogens with one attached hydrogen (secondary N) is 1. The summed E-state index contributed by atoms with van der Waals surface area (Å²) in [6.07, 6.45) is 0. The summed E-state index contributed by atoms with van der Waals surface area (Å²) in [7, 11) is 2.89. The molecule has 0 bridgehead atoms. The van der Waals surface area contributed by atoms with Crippen molar-refractivity contribution in [3.05, 3.63) is 57.9 Å². The molecule has 158 valence electrons. The van der Waals surface area contributed by atoms with Gasteiger partial charge in [0, 0.05) is 22.0 Å². The van der Waals surface area contributed by atoms with E-state index in [2.05, 4.69) is 10.3 Å². The summed E-state index contributed by atoms with van der Waals surface area (Å²) < 4.78 is 10.2. The van der Waals surface area contributed by atoms with E-state index in [1.165, 1.54) is 29.8 Å². The summed E-state index contributed by atoms with van der Waals surface area (Å²) in [6.45, 7) is 1.88. The fourth-order valence-corrected chi connectivity index (χ4v) is 5.14. The lowest BCUT2D eigenvalue weighted by molar-refractivity contribution is 0.0603. The molecule has 0 saturated heterocycles.